The van der Waals surface area contributed by atoms with E-state index in [-0.39, 0.29) is 34.4 Å². The van der Waals surface area contributed by atoms with E-state index in [1.807, 2.05) is 0 Å². The highest BCUT2D eigenvalue weighted by molar-refractivity contribution is 9.10. The second kappa shape index (κ2) is 7.47. The molecule has 0 bridgehead atoms. The van der Waals surface area contributed by atoms with Gasteiger partial charge >= 0.3 is 6.18 Å². The molecule has 2 rings (SSSR count). The smallest absolute Gasteiger partial charge is 0.326 e. The second-order valence-electron chi connectivity index (χ2n) is 4.84. The van der Waals surface area contributed by atoms with E-state index in [0.717, 1.165) is 31.6 Å². The van der Waals surface area contributed by atoms with E-state index < -0.39 is 11.7 Å². The molecule has 1 aliphatic rings. The van der Waals surface area contributed by atoms with E-state index in [4.69, 9.17) is 0 Å². The molecule has 1 unspecified atom stereocenters. The van der Waals surface area contributed by atoms with Crippen LogP contribution in [-0.4, -0.2) is 19.0 Å². The Morgan fingerprint density at radius 3 is 2.67 bits per heavy atom. The molecule has 1 amide bonds. The van der Waals surface area contributed by atoms with E-state index in [2.05, 4.69) is 26.6 Å². The molecular formula is C13H15BrClF3N2O. The molecule has 118 valence electrons. The van der Waals surface area contributed by atoms with Crippen LogP contribution >= 0.6 is 28.3 Å². The Morgan fingerprint density at radius 2 is 2.10 bits per heavy atom. The average Bonchev–Trinajstić information content (AvgIpc) is 2.79. The van der Waals surface area contributed by atoms with Gasteiger partial charge in [0.2, 0.25) is 5.91 Å². The van der Waals surface area contributed by atoms with E-state index in [9.17, 15) is 18.0 Å². The van der Waals surface area contributed by atoms with Gasteiger partial charge in [0.1, 0.15) is 0 Å². The minimum Gasteiger partial charge on any atom is -0.326 e. The maximum atomic E-state index is 12.7. The van der Waals surface area contributed by atoms with Crippen LogP contribution < -0.4 is 10.6 Å². The molecule has 2 N–H and O–H groups in total. The Bertz CT molecular complexity index is 505. The highest BCUT2D eigenvalue weighted by atomic mass is 79.9. The summed E-state index contributed by atoms with van der Waals surface area (Å²) in [6.45, 7) is 1.66. The van der Waals surface area contributed by atoms with Crippen molar-refractivity contribution >= 4 is 39.9 Å². The Hall–Kier alpha value is -0.790. The van der Waals surface area contributed by atoms with Gasteiger partial charge in [-0.15, -0.1) is 12.4 Å². The first-order valence-corrected chi connectivity index (χ1v) is 7.02. The zero-order valence-corrected chi connectivity index (χ0v) is 13.4. The van der Waals surface area contributed by atoms with Gasteiger partial charge in [-0.1, -0.05) is 15.9 Å². The van der Waals surface area contributed by atoms with Crippen molar-refractivity contribution in [1.82, 2.24) is 5.32 Å². The molecule has 1 saturated heterocycles. The van der Waals surface area contributed by atoms with Crippen LogP contribution in [0.15, 0.2) is 22.7 Å². The fourth-order valence-electron chi connectivity index (χ4n) is 2.19. The molecule has 0 aromatic heterocycles. The maximum absolute atomic E-state index is 12.7. The lowest BCUT2D eigenvalue weighted by Gasteiger charge is -2.12. The van der Waals surface area contributed by atoms with Gasteiger partial charge < -0.3 is 10.6 Å². The van der Waals surface area contributed by atoms with E-state index in [1.54, 1.807) is 0 Å². The molecule has 1 aliphatic heterocycles. The first-order chi connectivity index (χ1) is 9.34. The molecule has 0 radical (unpaired) electrons. The van der Waals surface area contributed by atoms with E-state index in [1.165, 1.54) is 6.07 Å². The number of amides is 1. The number of alkyl halides is 3. The molecule has 3 nitrogen and oxygen atoms in total. The number of hydrogen-bond donors (Lipinski definition) is 2. The van der Waals surface area contributed by atoms with Gasteiger partial charge in [-0.3, -0.25) is 4.79 Å². The molecule has 8 heteroatoms. The number of rotatable bonds is 3. The summed E-state index contributed by atoms with van der Waals surface area (Å²) >= 11 is 3.02. The number of carbonyl (C=O) groups excluding carboxylic acids is 1. The van der Waals surface area contributed by atoms with Crippen LogP contribution in [0.5, 0.6) is 0 Å². The summed E-state index contributed by atoms with van der Waals surface area (Å²) in [6, 6.07) is 3.38. The lowest BCUT2D eigenvalue weighted by atomic mass is 10.0. The van der Waals surface area contributed by atoms with Crippen LogP contribution in [0.1, 0.15) is 18.4 Å². The lowest BCUT2D eigenvalue weighted by Crippen LogP contribution is -2.18. The van der Waals surface area contributed by atoms with Crippen LogP contribution in [0.2, 0.25) is 0 Å². The number of carbonyl (C=O) groups is 1. The largest absolute Gasteiger partial charge is 0.416 e. The Labute approximate surface area is 135 Å². The van der Waals surface area contributed by atoms with Crippen LogP contribution in [0.4, 0.5) is 18.9 Å². The SMILES string of the molecule is Cl.O=C(CC1CCNC1)Nc1cc(Br)cc(C(F)(F)F)c1. The zero-order chi connectivity index (χ0) is 14.8. The monoisotopic (exact) mass is 386 g/mol. The van der Waals surface area contributed by atoms with Gasteiger partial charge in [0.15, 0.2) is 0 Å². The van der Waals surface area contributed by atoms with Gasteiger partial charge in [0.05, 0.1) is 5.56 Å². The van der Waals surface area contributed by atoms with Crippen molar-refractivity contribution in [2.24, 2.45) is 5.92 Å². The maximum Gasteiger partial charge on any atom is 0.416 e. The summed E-state index contributed by atoms with van der Waals surface area (Å²) in [6.07, 6.45) is -3.20. The highest BCUT2D eigenvalue weighted by Crippen LogP contribution is 2.33. The van der Waals surface area contributed by atoms with Gasteiger partial charge in [-0.2, -0.15) is 13.2 Å². The summed E-state index contributed by atoms with van der Waals surface area (Å²) in [5, 5.41) is 5.67. The quantitative estimate of drug-likeness (QED) is 0.828. The average molecular weight is 388 g/mol. The van der Waals surface area contributed by atoms with Crippen molar-refractivity contribution in [1.29, 1.82) is 0 Å². The summed E-state index contributed by atoms with van der Waals surface area (Å²) in [4.78, 5) is 11.8. The molecule has 1 aromatic carbocycles. The molecule has 0 aliphatic carbocycles. The molecule has 1 fully saturated rings. The van der Waals surface area contributed by atoms with Gasteiger partial charge in [0, 0.05) is 16.6 Å². The summed E-state index contributed by atoms with van der Waals surface area (Å²) in [7, 11) is 0. The van der Waals surface area contributed by atoms with E-state index in [0.29, 0.717) is 6.42 Å². The van der Waals surface area contributed by atoms with Crippen LogP contribution in [-0.2, 0) is 11.0 Å². The Kier molecular flexibility index (Phi) is 6.49. The van der Waals surface area contributed by atoms with Crippen molar-refractivity contribution in [3.8, 4) is 0 Å². The van der Waals surface area contributed by atoms with Crippen LogP contribution in [0.25, 0.3) is 0 Å². The third-order valence-corrected chi connectivity index (χ3v) is 3.60. The zero-order valence-electron chi connectivity index (χ0n) is 11.0. The fraction of sp³-hybridized carbons (Fsp3) is 0.462. The fourth-order valence-corrected chi connectivity index (χ4v) is 2.68. The molecular weight excluding hydrogens is 373 g/mol. The van der Waals surface area contributed by atoms with Gasteiger partial charge in [-0.05, 0) is 43.6 Å². The summed E-state index contributed by atoms with van der Waals surface area (Å²) in [5.41, 5.74) is -0.632. The predicted molar refractivity (Wildman–Crippen MR) is 80.6 cm³/mol. The number of benzene rings is 1. The lowest BCUT2D eigenvalue weighted by molar-refractivity contribution is -0.137. The summed E-state index contributed by atoms with van der Waals surface area (Å²) < 4.78 is 38.3. The van der Waals surface area contributed by atoms with Crippen LogP contribution in [0.3, 0.4) is 0 Å². The minimum atomic E-state index is -4.43. The molecule has 1 atom stereocenters. The van der Waals surface area contributed by atoms with Crippen molar-refractivity contribution in [2.45, 2.75) is 19.0 Å². The molecule has 0 saturated carbocycles. The topological polar surface area (TPSA) is 41.1 Å². The number of hydrogen-bond acceptors (Lipinski definition) is 2. The normalized spacial score (nSPS) is 18.2. The van der Waals surface area contributed by atoms with Crippen molar-refractivity contribution < 1.29 is 18.0 Å². The number of anilines is 1. The molecule has 21 heavy (non-hydrogen) atoms. The predicted octanol–water partition coefficient (Wildman–Crippen LogP) is 3.83. The van der Waals surface area contributed by atoms with Crippen molar-refractivity contribution in [2.75, 3.05) is 18.4 Å². The Morgan fingerprint density at radius 1 is 1.38 bits per heavy atom. The third kappa shape index (κ3) is 5.48. The summed E-state index contributed by atoms with van der Waals surface area (Å²) in [5.74, 6) is -0.00540. The Balaban J connectivity index is 0.00000220. The standard InChI is InChI=1S/C13H14BrF3N2O.ClH/c14-10-4-9(13(15,16)17)5-11(6-10)19-12(20)3-8-1-2-18-7-8;/h4-6,8,18H,1-3,7H2,(H,19,20);1H. The minimum absolute atomic E-state index is 0. The van der Waals surface area contributed by atoms with Gasteiger partial charge in [-0.25, -0.2) is 0 Å². The third-order valence-electron chi connectivity index (χ3n) is 3.15. The molecule has 0 spiro atoms. The number of nitrogens with one attached hydrogen (secondary N) is 2. The first-order valence-electron chi connectivity index (χ1n) is 6.23. The van der Waals surface area contributed by atoms with Crippen molar-refractivity contribution in [3.05, 3.63) is 28.2 Å². The van der Waals surface area contributed by atoms with Crippen LogP contribution in [0, 0.1) is 5.92 Å². The molecule has 1 heterocycles. The van der Waals surface area contributed by atoms with E-state index >= 15 is 0 Å². The first kappa shape index (κ1) is 18.3. The number of halogens is 5. The molecule has 1 aromatic rings. The van der Waals surface area contributed by atoms with Gasteiger partial charge in [0.25, 0.3) is 0 Å². The second-order valence-corrected chi connectivity index (χ2v) is 5.75. The highest BCUT2D eigenvalue weighted by Gasteiger charge is 2.31. The van der Waals surface area contributed by atoms with Crippen molar-refractivity contribution in [3.63, 3.8) is 0 Å².